The quantitative estimate of drug-likeness (QED) is 0.873. The second kappa shape index (κ2) is 6.90. The Morgan fingerprint density at radius 2 is 2.00 bits per heavy atom. The maximum absolute atomic E-state index is 5.41. The number of hydrogen-bond donors (Lipinski definition) is 1. The lowest BCUT2D eigenvalue weighted by atomic mass is 10.2. The van der Waals surface area contributed by atoms with Crippen LogP contribution in [0.5, 0.6) is 0 Å². The van der Waals surface area contributed by atoms with Gasteiger partial charge < -0.3 is 9.84 Å². The molecule has 4 heteroatoms. The second-order valence-electron chi connectivity index (χ2n) is 5.51. The molecule has 1 aliphatic heterocycles. The molecular weight excluding hydrogens is 226 g/mol. The number of aromatic nitrogens is 1. The third-order valence-electron chi connectivity index (χ3n) is 3.38. The van der Waals surface area contributed by atoms with Gasteiger partial charge in [-0.3, -0.25) is 4.90 Å². The summed E-state index contributed by atoms with van der Waals surface area (Å²) >= 11 is 0. The van der Waals surface area contributed by atoms with Crippen molar-refractivity contribution in [1.82, 2.24) is 15.4 Å². The zero-order chi connectivity index (χ0) is 12.8. The van der Waals surface area contributed by atoms with E-state index in [-0.39, 0.29) is 0 Å². The first-order chi connectivity index (χ1) is 8.74. The molecule has 0 radical (unpaired) electrons. The number of likely N-dealkylation sites (tertiary alicyclic amines) is 1. The lowest BCUT2D eigenvalue weighted by Gasteiger charge is -2.17. The van der Waals surface area contributed by atoms with E-state index in [1.807, 2.05) is 0 Å². The van der Waals surface area contributed by atoms with Crippen LogP contribution < -0.4 is 5.32 Å². The Labute approximate surface area is 110 Å². The molecule has 0 aromatic carbocycles. The van der Waals surface area contributed by atoms with E-state index in [4.69, 9.17) is 4.52 Å². The molecule has 0 amide bonds. The van der Waals surface area contributed by atoms with Crippen LogP contribution in [-0.4, -0.2) is 29.2 Å². The summed E-state index contributed by atoms with van der Waals surface area (Å²) < 4.78 is 5.41. The normalized spacial score (nSPS) is 18.2. The molecule has 0 spiro atoms. The summed E-state index contributed by atoms with van der Waals surface area (Å²) in [5.41, 5.74) is 1.01. The van der Waals surface area contributed by atoms with Crippen LogP contribution in [0, 0.1) is 0 Å². The van der Waals surface area contributed by atoms with E-state index < -0.39 is 0 Å². The molecule has 0 saturated carbocycles. The molecule has 4 nitrogen and oxygen atoms in total. The minimum Gasteiger partial charge on any atom is -0.360 e. The van der Waals surface area contributed by atoms with Crippen molar-refractivity contribution in [3.8, 4) is 0 Å². The Morgan fingerprint density at radius 3 is 2.67 bits per heavy atom. The van der Waals surface area contributed by atoms with Crippen molar-refractivity contribution in [1.29, 1.82) is 0 Å². The molecule has 1 N–H and O–H groups in total. The van der Waals surface area contributed by atoms with Crippen LogP contribution in [0.1, 0.15) is 51.0 Å². The first kappa shape index (κ1) is 13.6. The van der Waals surface area contributed by atoms with Gasteiger partial charge in [-0.1, -0.05) is 31.8 Å². The SMILES string of the molecule is CC(C)NCc1cc(CN2CCCCCC2)on1. The van der Waals surface area contributed by atoms with Gasteiger partial charge in [0.1, 0.15) is 0 Å². The largest absolute Gasteiger partial charge is 0.360 e. The van der Waals surface area contributed by atoms with Gasteiger partial charge in [-0.2, -0.15) is 0 Å². The molecule has 102 valence electrons. The van der Waals surface area contributed by atoms with E-state index in [0.29, 0.717) is 6.04 Å². The van der Waals surface area contributed by atoms with Gasteiger partial charge in [0.25, 0.3) is 0 Å². The maximum atomic E-state index is 5.41. The summed E-state index contributed by atoms with van der Waals surface area (Å²) in [4.78, 5) is 2.48. The van der Waals surface area contributed by atoms with Gasteiger partial charge in [0.2, 0.25) is 0 Å². The molecule has 0 bridgehead atoms. The zero-order valence-corrected chi connectivity index (χ0v) is 11.6. The highest BCUT2D eigenvalue weighted by atomic mass is 16.5. The van der Waals surface area contributed by atoms with Crippen LogP contribution in [0.15, 0.2) is 10.6 Å². The Kier molecular flexibility index (Phi) is 5.20. The fourth-order valence-corrected chi connectivity index (χ4v) is 2.34. The third kappa shape index (κ3) is 4.42. The van der Waals surface area contributed by atoms with E-state index in [1.54, 1.807) is 0 Å². The van der Waals surface area contributed by atoms with E-state index >= 15 is 0 Å². The van der Waals surface area contributed by atoms with Gasteiger partial charge in [-0.05, 0) is 25.9 Å². The molecule has 0 aliphatic carbocycles. The summed E-state index contributed by atoms with van der Waals surface area (Å²) in [5.74, 6) is 0.998. The van der Waals surface area contributed by atoms with Crippen LogP contribution in [0.4, 0.5) is 0 Å². The Balaban J connectivity index is 1.81. The second-order valence-corrected chi connectivity index (χ2v) is 5.51. The summed E-state index contributed by atoms with van der Waals surface area (Å²) in [6.07, 6.45) is 5.37. The van der Waals surface area contributed by atoms with Crippen LogP contribution in [0.2, 0.25) is 0 Å². The molecule has 1 aromatic rings. The van der Waals surface area contributed by atoms with Gasteiger partial charge in [-0.25, -0.2) is 0 Å². The van der Waals surface area contributed by atoms with E-state index in [1.165, 1.54) is 38.8 Å². The van der Waals surface area contributed by atoms with Crippen molar-refractivity contribution >= 4 is 0 Å². The zero-order valence-electron chi connectivity index (χ0n) is 11.6. The lowest BCUT2D eigenvalue weighted by Crippen LogP contribution is -2.23. The molecule has 1 saturated heterocycles. The van der Waals surface area contributed by atoms with Crippen molar-refractivity contribution in [3.63, 3.8) is 0 Å². The van der Waals surface area contributed by atoms with Crippen LogP contribution in [0.25, 0.3) is 0 Å². The first-order valence-corrected chi connectivity index (χ1v) is 7.14. The summed E-state index contributed by atoms with van der Waals surface area (Å²) in [6.45, 7) is 8.37. The Morgan fingerprint density at radius 1 is 1.28 bits per heavy atom. The summed E-state index contributed by atoms with van der Waals surface area (Å²) in [6, 6.07) is 2.57. The molecule has 0 atom stereocenters. The Hall–Kier alpha value is -0.870. The fourth-order valence-electron chi connectivity index (χ4n) is 2.34. The van der Waals surface area contributed by atoms with Crippen LogP contribution >= 0.6 is 0 Å². The average molecular weight is 251 g/mol. The van der Waals surface area contributed by atoms with Crippen molar-refractivity contribution < 1.29 is 4.52 Å². The molecule has 1 aromatic heterocycles. The van der Waals surface area contributed by atoms with Crippen molar-refractivity contribution in [2.45, 2.75) is 58.7 Å². The fraction of sp³-hybridized carbons (Fsp3) is 0.786. The van der Waals surface area contributed by atoms with Crippen LogP contribution in [-0.2, 0) is 13.1 Å². The number of nitrogens with zero attached hydrogens (tertiary/aromatic N) is 2. The smallest absolute Gasteiger partial charge is 0.151 e. The molecule has 2 rings (SSSR count). The lowest BCUT2D eigenvalue weighted by molar-refractivity contribution is 0.238. The van der Waals surface area contributed by atoms with E-state index in [2.05, 4.69) is 35.3 Å². The van der Waals surface area contributed by atoms with Gasteiger partial charge in [-0.15, -0.1) is 0 Å². The highest BCUT2D eigenvalue weighted by Gasteiger charge is 2.12. The Bertz CT molecular complexity index is 341. The minimum atomic E-state index is 0.482. The standard InChI is InChI=1S/C14H25N3O/c1-12(2)15-10-13-9-14(18-16-13)11-17-7-5-3-4-6-8-17/h9,12,15H,3-8,10-11H2,1-2H3. The van der Waals surface area contributed by atoms with Gasteiger partial charge >= 0.3 is 0 Å². The summed E-state index contributed by atoms with van der Waals surface area (Å²) in [5, 5.41) is 7.47. The topological polar surface area (TPSA) is 41.3 Å². The molecule has 1 aliphatic rings. The number of nitrogens with one attached hydrogen (secondary N) is 1. The molecule has 2 heterocycles. The minimum absolute atomic E-state index is 0.482. The molecular formula is C14H25N3O. The third-order valence-corrected chi connectivity index (χ3v) is 3.38. The molecule has 18 heavy (non-hydrogen) atoms. The van der Waals surface area contributed by atoms with Crippen molar-refractivity contribution in [2.75, 3.05) is 13.1 Å². The van der Waals surface area contributed by atoms with Crippen LogP contribution in [0.3, 0.4) is 0 Å². The maximum Gasteiger partial charge on any atom is 0.151 e. The predicted molar refractivity (Wildman–Crippen MR) is 72.2 cm³/mol. The number of hydrogen-bond acceptors (Lipinski definition) is 4. The van der Waals surface area contributed by atoms with E-state index in [9.17, 15) is 0 Å². The monoisotopic (exact) mass is 251 g/mol. The molecule has 1 fully saturated rings. The van der Waals surface area contributed by atoms with Crippen molar-refractivity contribution in [2.24, 2.45) is 0 Å². The number of rotatable bonds is 5. The van der Waals surface area contributed by atoms with Crippen molar-refractivity contribution in [3.05, 3.63) is 17.5 Å². The highest BCUT2D eigenvalue weighted by molar-refractivity contribution is 5.05. The molecule has 0 unspecified atom stereocenters. The van der Waals surface area contributed by atoms with Gasteiger partial charge in [0.05, 0.1) is 12.2 Å². The van der Waals surface area contributed by atoms with Gasteiger partial charge in [0.15, 0.2) is 5.76 Å². The summed E-state index contributed by atoms with van der Waals surface area (Å²) in [7, 11) is 0. The first-order valence-electron chi connectivity index (χ1n) is 7.14. The van der Waals surface area contributed by atoms with E-state index in [0.717, 1.165) is 24.5 Å². The van der Waals surface area contributed by atoms with Gasteiger partial charge in [0, 0.05) is 18.7 Å². The highest BCUT2D eigenvalue weighted by Crippen LogP contribution is 2.13. The predicted octanol–water partition coefficient (Wildman–Crippen LogP) is 2.55. The average Bonchev–Trinajstić information content (AvgIpc) is 2.62.